The Morgan fingerprint density at radius 1 is 1.03 bits per heavy atom. The number of aliphatic hydroxyl groups is 1. The van der Waals surface area contributed by atoms with Gasteiger partial charge in [-0.25, -0.2) is 4.99 Å². The molecule has 1 saturated heterocycles. The molecular formula is C25H29ClN2O2. The van der Waals surface area contributed by atoms with Gasteiger partial charge in [0.25, 0.3) is 0 Å². The van der Waals surface area contributed by atoms with E-state index in [-0.39, 0.29) is 11.1 Å². The van der Waals surface area contributed by atoms with Crippen LogP contribution in [0.25, 0.3) is 0 Å². The Hall–Kier alpha value is -2.04. The van der Waals surface area contributed by atoms with E-state index in [2.05, 4.69) is 43.0 Å². The Morgan fingerprint density at radius 2 is 1.77 bits per heavy atom. The van der Waals surface area contributed by atoms with Crippen molar-refractivity contribution in [3.63, 3.8) is 0 Å². The number of anilines is 1. The summed E-state index contributed by atoms with van der Waals surface area (Å²) in [6, 6.07) is 18.0. The summed E-state index contributed by atoms with van der Waals surface area (Å²) in [6.45, 7) is 4.70. The second-order valence-corrected chi connectivity index (χ2v) is 9.94. The van der Waals surface area contributed by atoms with Gasteiger partial charge in [-0.1, -0.05) is 61.2 Å². The lowest BCUT2D eigenvalue weighted by atomic mass is 9.75. The standard InChI is InChI=1S/C25H29ClN2O2/c1-23(2)17-30-22(27-23)25(21(29)18-10-9-11-19(26)16-18)24(14-7-4-8-15-24)28(25)20-12-5-3-6-13-20/h3,5-6,9-13,16,21,29H,4,7-8,14-15,17H2,1-2H3/t21-,25+,28?/m0/s1. The van der Waals surface area contributed by atoms with Crippen LogP contribution in [0.4, 0.5) is 5.69 Å². The van der Waals surface area contributed by atoms with Gasteiger partial charge in [-0.3, -0.25) is 0 Å². The van der Waals surface area contributed by atoms with Crippen LogP contribution in [0.15, 0.2) is 59.6 Å². The van der Waals surface area contributed by atoms with Crippen molar-refractivity contribution < 1.29 is 9.84 Å². The lowest BCUT2D eigenvalue weighted by Gasteiger charge is -2.28. The van der Waals surface area contributed by atoms with Gasteiger partial charge >= 0.3 is 0 Å². The molecule has 2 fully saturated rings. The van der Waals surface area contributed by atoms with E-state index in [9.17, 15) is 5.11 Å². The summed E-state index contributed by atoms with van der Waals surface area (Å²) in [4.78, 5) is 7.40. The van der Waals surface area contributed by atoms with Crippen LogP contribution in [0, 0.1) is 0 Å². The first-order valence-corrected chi connectivity index (χ1v) is 11.3. The minimum Gasteiger partial charge on any atom is -0.477 e. The monoisotopic (exact) mass is 424 g/mol. The number of ether oxygens (including phenoxy) is 1. The van der Waals surface area contributed by atoms with Gasteiger partial charge in [0.15, 0.2) is 5.54 Å². The Morgan fingerprint density at radius 3 is 2.40 bits per heavy atom. The number of aliphatic hydroxyl groups excluding tert-OH is 1. The van der Waals surface area contributed by atoms with Crippen LogP contribution < -0.4 is 4.90 Å². The number of hydrogen-bond donors (Lipinski definition) is 1. The van der Waals surface area contributed by atoms with E-state index >= 15 is 0 Å². The highest BCUT2D eigenvalue weighted by Crippen LogP contribution is 2.67. The van der Waals surface area contributed by atoms with Gasteiger partial charge in [0, 0.05) is 10.7 Å². The van der Waals surface area contributed by atoms with E-state index in [4.69, 9.17) is 21.3 Å². The third kappa shape index (κ3) is 2.80. The summed E-state index contributed by atoms with van der Waals surface area (Å²) >= 11 is 6.31. The lowest BCUT2D eigenvalue weighted by Crippen LogP contribution is -2.42. The number of hydrogen-bond acceptors (Lipinski definition) is 4. The zero-order valence-corrected chi connectivity index (χ0v) is 18.4. The molecule has 30 heavy (non-hydrogen) atoms. The van der Waals surface area contributed by atoms with Crippen molar-refractivity contribution in [2.45, 2.75) is 68.7 Å². The molecule has 1 spiro atoms. The van der Waals surface area contributed by atoms with E-state index in [0.717, 1.165) is 36.9 Å². The average Bonchev–Trinajstić information content (AvgIpc) is 3.13. The van der Waals surface area contributed by atoms with Gasteiger partial charge in [0.05, 0.1) is 11.1 Å². The number of halogens is 1. The van der Waals surface area contributed by atoms with Crippen molar-refractivity contribution in [1.82, 2.24) is 0 Å². The Labute approximate surface area is 183 Å². The molecule has 2 aliphatic heterocycles. The normalized spacial score (nSPS) is 27.5. The number of nitrogens with zero attached hydrogens (tertiary/aromatic N) is 2. The fourth-order valence-electron chi connectivity index (χ4n) is 5.73. The highest BCUT2D eigenvalue weighted by molar-refractivity contribution is 6.30. The zero-order valence-electron chi connectivity index (χ0n) is 17.6. The molecule has 0 radical (unpaired) electrons. The smallest absolute Gasteiger partial charge is 0.216 e. The van der Waals surface area contributed by atoms with Crippen LogP contribution in [-0.4, -0.2) is 34.2 Å². The molecule has 1 aliphatic carbocycles. The molecule has 5 rings (SSSR count). The maximum Gasteiger partial charge on any atom is 0.216 e. The maximum atomic E-state index is 12.0. The predicted molar refractivity (Wildman–Crippen MR) is 121 cm³/mol. The van der Waals surface area contributed by atoms with Crippen molar-refractivity contribution in [3.05, 3.63) is 65.2 Å². The summed E-state index contributed by atoms with van der Waals surface area (Å²) in [7, 11) is 0. The van der Waals surface area contributed by atoms with Crippen molar-refractivity contribution in [3.8, 4) is 0 Å². The molecule has 1 saturated carbocycles. The molecule has 2 heterocycles. The molecule has 4 nitrogen and oxygen atoms in total. The van der Waals surface area contributed by atoms with Gasteiger partial charge in [-0.15, -0.1) is 0 Å². The summed E-state index contributed by atoms with van der Waals surface area (Å²) < 4.78 is 6.26. The number of aliphatic imine (C=N–C) groups is 1. The second-order valence-electron chi connectivity index (χ2n) is 9.51. The van der Waals surface area contributed by atoms with Gasteiger partial charge in [0.2, 0.25) is 5.90 Å². The highest BCUT2D eigenvalue weighted by Gasteiger charge is 2.81. The fourth-order valence-corrected chi connectivity index (χ4v) is 5.93. The van der Waals surface area contributed by atoms with Crippen LogP contribution in [-0.2, 0) is 4.74 Å². The van der Waals surface area contributed by atoms with E-state index in [1.807, 2.05) is 30.3 Å². The fraction of sp³-hybridized carbons (Fsp3) is 0.480. The molecule has 3 aliphatic rings. The molecular weight excluding hydrogens is 396 g/mol. The number of rotatable bonds is 4. The Kier molecular flexibility index (Phi) is 4.64. The van der Waals surface area contributed by atoms with Gasteiger partial charge in [-0.2, -0.15) is 0 Å². The number of benzene rings is 2. The molecule has 0 amide bonds. The van der Waals surface area contributed by atoms with Gasteiger partial charge < -0.3 is 14.7 Å². The third-order valence-corrected chi connectivity index (χ3v) is 7.22. The van der Waals surface area contributed by atoms with Crippen LogP contribution in [0.2, 0.25) is 5.02 Å². The van der Waals surface area contributed by atoms with E-state index in [1.165, 1.54) is 6.42 Å². The molecule has 0 aromatic heterocycles. The van der Waals surface area contributed by atoms with Crippen molar-refractivity contribution in [2.75, 3.05) is 11.5 Å². The molecule has 5 heteroatoms. The molecule has 0 bridgehead atoms. The van der Waals surface area contributed by atoms with Crippen LogP contribution in [0.1, 0.15) is 57.6 Å². The summed E-state index contributed by atoms with van der Waals surface area (Å²) in [6.07, 6.45) is 4.76. The largest absolute Gasteiger partial charge is 0.477 e. The minimum atomic E-state index is -0.790. The maximum absolute atomic E-state index is 12.0. The number of para-hydroxylation sites is 1. The van der Waals surface area contributed by atoms with Crippen molar-refractivity contribution in [2.24, 2.45) is 4.99 Å². The molecule has 2 aromatic carbocycles. The van der Waals surface area contributed by atoms with E-state index in [0.29, 0.717) is 17.5 Å². The molecule has 158 valence electrons. The molecule has 2 aromatic rings. The average molecular weight is 425 g/mol. The first-order valence-electron chi connectivity index (χ1n) is 10.9. The molecule has 2 atom stereocenters. The minimum absolute atomic E-state index is 0.201. The van der Waals surface area contributed by atoms with Crippen LogP contribution in [0.3, 0.4) is 0 Å². The highest BCUT2D eigenvalue weighted by atomic mass is 35.5. The summed E-state index contributed by atoms with van der Waals surface area (Å²) in [5.74, 6) is 0.672. The second kappa shape index (κ2) is 7.00. The topological polar surface area (TPSA) is 44.8 Å². The Balaban J connectivity index is 1.71. The first kappa shape index (κ1) is 19.9. The predicted octanol–water partition coefficient (Wildman–Crippen LogP) is 5.54. The molecule has 1 N–H and O–H groups in total. The summed E-state index contributed by atoms with van der Waals surface area (Å²) in [5.41, 5.74) is 0.705. The van der Waals surface area contributed by atoms with Crippen molar-refractivity contribution >= 4 is 23.2 Å². The zero-order chi connectivity index (χ0) is 21.0. The van der Waals surface area contributed by atoms with E-state index < -0.39 is 11.6 Å². The van der Waals surface area contributed by atoms with Crippen LogP contribution >= 0.6 is 11.6 Å². The van der Waals surface area contributed by atoms with E-state index in [1.54, 1.807) is 0 Å². The Bertz CT molecular complexity index is 968. The lowest BCUT2D eigenvalue weighted by molar-refractivity contribution is 0.130. The van der Waals surface area contributed by atoms with Crippen LogP contribution in [0.5, 0.6) is 0 Å². The quantitative estimate of drug-likeness (QED) is 0.655. The van der Waals surface area contributed by atoms with Gasteiger partial charge in [-0.05, 0) is 56.5 Å². The SMILES string of the molecule is CC1(C)COC([C@@]2([C@@H](O)c3cccc(Cl)c3)N(c3ccccc3)C23CCCCC3)=N1. The van der Waals surface area contributed by atoms with Crippen molar-refractivity contribution in [1.29, 1.82) is 0 Å². The third-order valence-electron chi connectivity index (χ3n) is 6.99. The van der Waals surface area contributed by atoms with Gasteiger partial charge in [0.1, 0.15) is 12.7 Å². The first-order chi connectivity index (χ1) is 14.4. The summed E-state index contributed by atoms with van der Waals surface area (Å²) in [5, 5.41) is 12.6. The molecule has 0 unspecified atom stereocenters.